The molecule has 18 heavy (non-hydrogen) atoms. The number of anilines is 2. The van der Waals surface area contributed by atoms with Crippen LogP contribution in [-0.4, -0.2) is 43.2 Å². The highest BCUT2D eigenvalue weighted by atomic mass is 15.2. The van der Waals surface area contributed by atoms with Gasteiger partial charge in [0.25, 0.3) is 0 Å². The molecule has 0 bridgehead atoms. The normalized spacial score (nSPS) is 16.9. The van der Waals surface area contributed by atoms with Crippen molar-refractivity contribution in [1.82, 2.24) is 9.97 Å². The number of likely N-dealkylation sites (N-methyl/N-ethyl adjacent to an activating group) is 1. The molecule has 1 aromatic rings. The van der Waals surface area contributed by atoms with Crippen LogP contribution < -0.4 is 15.5 Å². The van der Waals surface area contributed by atoms with E-state index in [-0.39, 0.29) is 0 Å². The van der Waals surface area contributed by atoms with Crippen LogP contribution in [0.1, 0.15) is 19.8 Å². The van der Waals surface area contributed by atoms with Crippen LogP contribution in [-0.2, 0) is 0 Å². The Balaban J connectivity index is 2.07. The van der Waals surface area contributed by atoms with Gasteiger partial charge in [-0.2, -0.15) is 0 Å². The summed E-state index contributed by atoms with van der Waals surface area (Å²) >= 11 is 0. The molecule has 100 valence electrons. The Morgan fingerprint density at radius 1 is 1.39 bits per heavy atom. The zero-order valence-corrected chi connectivity index (χ0v) is 11.3. The fourth-order valence-electron chi connectivity index (χ4n) is 2.26. The number of hydrogen-bond acceptors (Lipinski definition) is 5. The van der Waals surface area contributed by atoms with Gasteiger partial charge in [-0.25, -0.2) is 9.97 Å². The monoisotopic (exact) mass is 249 g/mol. The number of hydrogen-bond donors (Lipinski definition) is 1. The zero-order chi connectivity index (χ0) is 13.0. The molecule has 2 N–H and O–H groups in total. The van der Waals surface area contributed by atoms with Gasteiger partial charge in [-0.05, 0) is 18.8 Å². The molecule has 0 unspecified atom stereocenters. The smallest absolute Gasteiger partial charge is 0.134 e. The first-order valence-electron chi connectivity index (χ1n) is 6.69. The summed E-state index contributed by atoms with van der Waals surface area (Å²) in [7, 11) is 2.01. The highest BCUT2D eigenvalue weighted by Gasteiger charge is 2.17. The summed E-state index contributed by atoms with van der Waals surface area (Å²) < 4.78 is 0. The minimum Gasteiger partial charge on any atom is -0.358 e. The fraction of sp³-hybridized carbons (Fsp3) is 0.692. The lowest BCUT2D eigenvalue weighted by Crippen LogP contribution is -2.33. The van der Waals surface area contributed by atoms with E-state index in [1.54, 1.807) is 6.33 Å². The number of rotatable bonds is 4. The molecule has 0 amide bonds. The third-order valence-corrected chi connectivity index (χ3v) is 3.60. The third-order valence-electron chi connectivity index (χ3n) is 3.60. The molecule has 0 spiro atoms. The number of piperidine rings is 1. The summed E-state index contributed by atoms with van der Waals surface area (Å²) in [6.45, 7) is 5.96. The summed E-state index contributed by atoms with van der Waals surface area (Å²) in [6, 6.07) is 2.06. The zero-order valence-electron chi connectivity index (χ0n) is 11.3. The van der Waals surface area contributed by atoms with E-state index in [9.17, 15) is 0 Å². The quantitative estimate of drug-likeness (QED) is 0.866. The maximum absolute atomic E-state index is 5.57. The van der Waals surface area contributed by atoms with Crippen molar-refractivity contribution in [1.29, 1.82) is 0 Å². The molecule has 1 aliphatic heterocycles. The maximum atomic E-state index is 5.57. The second-order valence-corrected chi connectivity index (χ2v) is 5.11. The van der Waals surface area contributed by atoms with Crippen LogP contribution in [0, 0.1) is 5.92 Å². The molecule has 0 saturated carbocycles. The first-order valence-corrected chi connectivity index (χ1v) is 6.69. The Bertz CT molecular complexity index is 373. The van der Waals surface area contributed by atoms with Gasteiger partial charge in [-0.15, -0.1) is 0 Å². The number of nitrogens with two attached hydrogens (primary N) is 1. The Labute approximate surface area is 109 Å². The lowest BCUT2D eigenvalue weighted by Gasteiger charge is -2.31. The highest BCUT2D eigenvalue weighted by Crippen LogP contribution is 2.22. The van der Waals surface area contributed by atoms with E-state index in [2.05, 4.69) is 32.8 Å². The van der Waals surface area contributed by atoms with Crippen LogP contribution in [0.25, 0.3) is 0 Å². The van der Waals surface area contributed by atoms with Crippen LogP contribution in [0.4, 0.5) is 11.6 Å². The Morgan fingerprint density at radius 2 is 2.11 bits per heavy atom. The van der Waals surface area contributed by atoms with Gasteiger partial charge in [0.1, 0.15) is 18.0 Å². The van der Waals surface area contributed by atoms with E-state index < -0.39 is 0 Å². The summed E-state index contributed by atoms with van der Waals surface area (Å²) in [6.07, 6.45) is 4.14. The van der Waals surface area contributed by atoms with E-state index in [4.69, 9.17) is 5.73 Å². The van der Waals surface area contributed by atoms with Gasteiger partial charge in [-0.1, -0.05) is 6.92 Å². The second kappa shape index (κ2) is 6.00. The molecule has 1 aliphatic rings. The molecule has 1 aromatic heterocycles. The summed E-state index contributed by atoms with van der Waals surface area (Å²) in [5.74, 6) is 2.82. The predicted molar refractivity (Wildman–Crippen MR) is 75.0 cm³/mol. The topological polar surface area (TPSA) is 58.3 Å². The van der Waals surface area contributed by atoms with Gasteiger partial charge in [0.05, 0.1) is 0 Å². The maximum Gasteiger partial charge on any atom is 0.134 e. The SMILES string of the molecule is CC1CCN(c2cc(N(C)CCN)ncn2)CC1. The minimum atomic E-state index is 0.636. The molecule has 2 heterocycles. The largest absolute Gasteiger partial charge is 0.358 e. The molecule has 0 aliphatic carbocycles. The van der Waals surface area contributed by atoms with Crippen LogP contribution in [0.5, 0.6) is 0 Å². The van der Waals surface area contributed by atoms with Gasteiger partial charge >= 0.3 is 0 Å². The molecule has 1 fully saturated rings. The van der Waals surface area contributed by atoms with Gasteiger partial charge < -0.3 is 15.5 Å². The van der Waals surface area contributed by atoms with Crippen LogP contribution >= 0.6 is 0 Å². The number of nitrogens with zero attached hydrogens (tertiary/aromatic N) is 4. The Hall–Kier alpha value is -1.36. The van der Waals surface area contributed by atoms with Crippen molar-refractivity contribution >= 4 is 11.6 Å². The fourth-order valence-corrected chi connectivity index (χ4v) is 2.26. The second-order valence-electron chi connectivity index (χ2n) is 5.11. The summed E-state index contributed by atoms with van der Waals surface area (Å²) in [5, 5.41) is 0. The van der Waals surface area contributed by atoms with Crippen molar-refractivity contribution in [2.75, 3.05) is 43.0 Å². The van der Waals surface area contributed by atoms with Gasteiger partial charge in [0, 0.05) is 39.3 Å². The van der Waals surface area contributed by atoms with Gasteiger partial charge in [-0.3, -0.25) is 0 Å². The van der Waals surface area contributed by atoms with Crippen LogP contribution in [0.3, 0.4) is 0 Å². The molecule has 0 radical (unpaired) electrons. The highest BCUT2D eigenvalue weighted by molar-refractivity contribution is 5.49. The molecular weight excluding hydrogens is 226 g/mol. The molecule has 1 saturated heterocycles. The van der Waals surface area contributed by atoms with Crippen molar-refractivity contribution in [3.8, 4) is 0 Å². The summed E-state index contributed by atoms with van der Waals surface area (Å²) in [5.41, 5.74) is 5.57. The van der Waals surface area contributed by atoms with E-state index in [1.807, 2.05) is 7.05 Å². The molecule has 5 heteroatoms. The standard InChI is InChI=1S/C13H23N5/c1-11-3-6-18(7-4-11)13-9-12(15-10-16-13)17(2)8-5-14/h9-11H,3-8,14H2,1-2H3. The summed E-state index contributed by atoms with van der Waals surface area (Å²) in [4.78, 5) is 13.1. The molecule has 0 aromatic carbocycles. The molecule has 0 atom stereocenters. The predicted octanol–water partition coefficient (Wildman–Crippen LogP) is 1.11. The Kier molecular flexibility index (Phi) is 4.36. The van der Waals surface area contributed by atoms with E-state index in [0.717, 1.165) is 37.2 Å². The minimum absolute atomic E-state index is 0.636. The van der Waals surface area contributed by atoms with Gasteiger partial charge in [0.2, 0.25) is 0 Å². The third kappa shape index (κ3) is 3.10. The first-order chi connectivity index (χ1) is 8.70. The average molecular weight is 249 g/mol. The lowest BCUT2D eigenvalue weighted by molar-refractivity contribution is 0.436. The molecular formula is C13H23N5. The van der Waals surface area contributed by atoms with Crippen molar-refractivity contribution in [3.63, 3.8) is 0 Å². The number of aromatic nitrogens is 2. The van der Waals surface area contributed by atoms with Crippen molar-refractivity contribution in [2.24, 2.45) is 11.7 Å². The molecule has 5 nitrogen and oxygen atoms in total. The van der Waals surface area contributed by atoms with Crippen molar-refractivity contribution < 1.29 is 0 Å². The first kappa shape index (κ1) is 13.1. The average Bonchev–Trinajstić information content (AvgIpc) is 2.40. The van der Waals surface area contributed by atoms with Gasteiger partial charge in [0.15, 0.2) is 0 Å². The molecule has 2 rings (SSSR count). The van der Waals surface area contributed by atoms with Crippen molar-refractivity contribution in [2.45, 2.75) is 19.8 Å². The van der Waals surface area contributed by atoms with E-state index >= 15 is 0 Å². The van der Waals surface area contributed by atoms with Crippen molar-refractivity contribution in [3.05, 3.63) is 12.4 Å². The van der Waals surface area contributed by atoms with Crippen LogP contribution in [0.2, 0.25) is 0 Å². The lowest BCUT2D eigenvalue weighted by atomic mass is 9.99. The Morgan fingerprint density at radius 3 is 2.78 bits per heavy atom. The van der Waals surface area contributed by atoms with E-state index in [0.29, 0.717) is 6.54 Å². The van der Waals surface area contributed by atoms with E-state index in [1.165, 1.54) is 12.8 Å². The van der Waals surface area contributed by atoms with Crippen LogP contribution in [0.15, 0.2) is 12.4 Å².